The smallest absolute Gasteiger partial charge is 0.423 e. The van der Waals surface area contributed by atoms with Gasteiger partial charge in [-0.15, -0.1) is 0 Å². The molecule has 0 aliphatic rings. The monoisotopic (exact) mass is 235 g/mol. The van der Waals surface area contributed by atoms with E-state index in [1.165, 1.54) is 18.6 Å². The molecule has 0 atom stereocenters. The van der Waals surface area contributed by atoms with Gasteiger partial charge >= 0.3 is 12.4 Å². The van der Waals surface area contributed by atoms with E-state index in [1.54, 1.807) is 12.1 Å². The highest BCUT2D eigenvalue weighted by Gasteiger charge is 2.17. The molecular weight excluding hydrogens is 220 g/mol. The summed E-state index contributed by atoms with van der Waals surface area (Å²) in [6, 6.07) is 6.38. The Morgan fingerprint density at radius 1 is 1.29 bits per heavy atom. The summed E-state index contributed by atoms with van der Waals surface area (Å²) in [4.78, 5) is 21.9. The largest absolute Gasteiger partial charge is 0.461 e. The molecule has 0 aliphatic heterocycles. The predicted molar refractivity (Wildman–Crippen MR) is 62.5 cm³/mol. The van der Waals surface area contributed by atoms with Crippen LogP contribution in [-0.2, 0) is 9.53 Å². The van der Waals surface area contributed by atoms with Crippen molar-refractivity contribution in [3.05, 3.63) is 29.8 Å². The van der Waals surface area contributed by atoms with Gasteiger partial charge < -0.3 is 9.47 Å². The van der Waals surface area contributed by atoms with Crippen LogP contribution in [0.4, 0.5) is 0 Å². The van der Waals surface area contributed by atoms with E-state index < -0.39 is 5.97 Å². The Bertz CT molecular complexity index is 404. The van der Waals surface area contributed by atoms with E-state index in [4.69, 9.17) is 4.74 Å². The Labute approximate surface area is 101 Å². The molecule has 0 heterocycles. The third kappa shape index (κ3) is 4.26. The van der Waals surface area contributed by atoms with Crippen molar-refractivity contribution < 1.29 is 19.1 Å². The zero-order valence-electron chi connectivity index (χ0n) is 10.1. The second-order valence-corrected chi connectivity index (χ2v) is 4.82. The van der Waals surface area contributed by atoms with Gasteiger partial charge in [0, 0.05) is 0 Å². The Balaban J connectivity index is 2.78. The molecule has 0 saturated heterocycles. The molecule has 4 heteroatoms. The topological polar surface area (TPSA) is 52.6 Å². The molecule has 0 unspecified atom stereocenters. The summed E-state index contributed by atoms with van der Waals surface area (Å²) in [5, 5.41) is 0. The molecule has 1 rings (SSSR count). The van der Waals surface area contributed by atoms with E-state index in [-0.39, 0.29) is 16.7 Å². The van der Waals surface area contributed by atoms with Crippen molar-refractivity contribution >= 4 is 12.4 Å². The number of ether oxygens (including phenoxy) is 2. The van der Waals surface area contributed by atoms with Crippen LogP contribution >= 0.6 is 0 Å². The number of para-hydroxylation sites is 1. The first-order valence-corrected chi connectivity index (χ1v) is 5.24. The molecule has 1 radical (unpaired) electrons. The number of benzene rings is 1. The minimum atomic E-state index is -0.509. The first-order chi connectivity index (χ1) is 7.94. The summed E-state index contributed by atoms with van der Waals surface area (Å²) in [5.41, 5.74) is 0.113. The van der Waals surface area contributed by atoms with Gasteiger partial charge in [-0.1, -0.05) is 32.9 Å². The zero-order valence-corrected chi connectivity index (χ0v) is 10.1. The fourth-order valence-electron chi connectivity index (χ4n) is 1.13. The van der Waals surface area contributed by atoms with E-state index in [0.717, 1.165) is 0 Å². The quantitative estimate of drug-likeness (QED) is 0.751. The van der Waals surface area contributed by atoms with E-state index >= 15 is 0 Å². The standard InChI is InChI=1S/C13H15O4/c1-13(2,3)8-16-12(15)10-6-4-5-7-11(10)17-9-14/h4-7H,8H2,1-3H3. The second kappa shape index (κ2) is 5.48. The minimum absolute atomic E-state index is 0.109. The van der Waals surface area contributed by atoms with Crippen molar-refractivity contribution in [3.63, 3.8) is 0 Å². The average molecular weight is 235 g/mol. The second-order valence-electron chi connectivity index (χ2n) is 4.82. The fraction of sp³-hybridized carbons (Fsp3) is 0.385. The van der Waals surface area contributed by atoms with Gasteiger partial charge in [-0.2, -0.15) is 0 Å². The molecule has 0 aromatic heterocycles. The lowest BCUT2D eigenvalue weighted by molar-refractivity contribution is 0.0364. The van der Waals surface area contributed by atoms with Gasteiger partial charge in [0.25, 0.3) is 0 Å². The molecule has 0 aliphatic carbocycles. The third-order valence-electron chi connectivity index (χ3n) is 1.89. The Morgan fingerprint density at radius 2 is 1.94 bits per heavy atom. The first kappa shape index (κ1) is 13.2. The van der Waals surface area contributed by atoms with Crippen molar-refractivity contribution in [2.45, 2.75) is 20.8 Å². The molecule has 4 nitrogen and oxygen atoms in total. The number of carbonyl (C=O) groups excluding carboxylic acids is 2. The summed E-state index contributed by atoms with van der Waals surface area (Å²) in [6.45, 7) is 7.47. The summed E-state index contributed by atoms with van der Waals surface area (Å²) >= 11 is 0. The van der Waals surface area contributed by atoms with Crippen LogP contribution in [0, 0.1) is 5.41 Å². The molecule has 0 saturated carbocycles. The Morgan fingerprint density at radius 3 is 2.53 bits per heavy atom. The van der Waals surface area contributed by atoms with Gasteiger partial charge in [-0.3, -0.25) is 0 Å². The maximum absolute atomic E-state index is 11.8. The highest BCUT2D eigenvalue weighted by Crippen LogP contribution is 2.20. The summed E-state index contributed by atoms with van der Waals surface area (Å²) < 4.78 is 9.71. The lowest BCUT2D eigenvalue weighted by Crippen LogP contribution is -2.18. The number of carbonyl (C=O) groups is 1. The van der Waals surface area contributed by atoms with Gasteiger partial charge in [0.2, 0.25) is 0 Å². The molecular formula is C13H15O4. The molecule has 91 valence electrons. The van der Waals surface area contributed by atoms with Crippen LogP contribution in [0.3, 0.4) is 0 Å². The predicted octanol–water partition coefficient (Wildman–Crippen LogP) is 2.34. The highest BCUT2D eigenvalue weighted by atomic mass is 16.5. The minimum Gasteiger partial charge on any atom is -0.461 e. The zero-order chi connectivity index (χ0) is 12.9. The molecule has 0 spiro atoms. The van der Waals surface area contributed by atoms with Crippen LogP contribution in [0.15, 0.2) is 24.3 Å². The van der Waals surface area contributed by atoms with Crippen molar-refractivity contribution in [3.8, 4) is 5.75 Å². The first-order valence-electron chi connectivity index (χ1n) is 5.24. The van der Waals surface area contributed by atoms with Crippen LogP contribution in [0.1, 0.15) is 31.1 Å². The van der Waals surface area contributed by atoms with E-state index in [0.29, 0.717) is 6.61 Å². The summed E-state index contributed by atoms with van der Waals surface area (Å²) in [5.74, 6) is -0.354. The van der Waals surface area contributed by atoms with E-state index in [2.05, 4.69) is 4.74 Å². The third-order valence-corrected chi connectivity index (χ3v) is 1.89. The fourth-order valence-corrected chi connectivity index (χ4v) is 1.13. The molecule has 0 N–H and O–H groups in total. The highest BCUT2D eigenvalue weighted by molar-refractivity contribution is 5.92. The molecule has 0 amide bonds. The van der Waals surface area contributed by atoms with Crippen LogP contribution < -0.4 is 4.74 Å². The Hall–Kier alpha value is -1.84. The van der Waals surface area contributed by atoms with Gasteiger partial charge in [0.1, 0.15) is 11.3 Å². The van der Waals surface area contributed by atoms with Crippen molar-refractivity contribution in [1.29, 1.82) is 0 Å². The van der Waals surface area contributed by atoms with Gasteiger partial charge in [0.05, 0.1) is 6.61 Å². The molecule has 0 fully saturated rings. The van der Waals surface area contributed by atoms with E-state index in [9.17, 15) is 9.59 Å². The molecule has 0 bridgehead atoms. The van der Waals surface area contributed by atoms with Gasteiger partial charge in [-0.25, -0.2) is 9.59 Å². The lowest BCUT2D eigenvalue weighted by Gasteiger charge is -2.18. The van der Waals surface area contributed by atoms with Crippen LogP contribution in [0.25, 0.3) is 0 Å². The summed E-state index contributed by atoms with van der Waals surface area (Å²) in [7, 11) is 0. The van der Waals surface area contributed by atoms with Gasteiger partial charge in [-0.05, 0) is 17.5 Å². The van der Waals surface area contributed by atoms with Crippen LogP contribution in [-0.4, -0.2) is 19.0 Å². The summed E-state index contributed by atoms with van der Waals surface area (Å²) in [6.07, 6.45) is 0. The SMILES string of the molecule is CC(C)(C)COC(=O)c1ccccc1O[C]=O. The van der Waals surface area contributed by atoms with Crippen LogP contribution in [0.5, 0.6) is 5.75 Å². The Kier molecular flexibility index (Phi) is 4.26. The van der Waals surface area contributed by atoms with Gasteiger partial charge in [0.15, 0.2) is 0 Å². The number of esters is 1. The van der Waals surface area contributed by atoms with Crippen molar-refractivity contribution in [2.75, 3.05) is 6.61 Å². The molecule has 1 aromatic carbocycles. The maximum atomic E-state index is 11.8. The van der Waals surface area contributed by atoms with Crippen LogP contribution in [0.2, 0.25) is 0 Å². The molecule has 1 aromatic rings. The number of hydrogen-bond acceptors (Lipinski definition) is 4. The lowest BCUT2D eigenvalue weighted by atomic mass is 9.99. The average Bonchev–Trinajstić information content (AvgIpc) is 2.26. The number of hydrogen-bond donors (Lipinski definition) is 0. The van der Waals surface area contributed by atoms with E-state index in [1.807, 2.05) is 20.8 Å². The molecule has 17 heavy (non-hydrogen) atoms. The maximum Gasteiger partial charge on any atom is 0.423 e. The normalized spacial score (nSPS) is 10.8. The number of rotatable bonds is 4. The van der Waals surface area contributed by atoms with Crippen molar-refractivity contribution in [1.82, 2.24) is 0 Å². The van der Waals surface area contributed by atoms with Crippen molar-refractivity contribution in [2.24, 2.45) is 5.41 Å².